The molecule has 0 rings (SSSR count). The zero-order valence-corrected chi connectivity index (χ0v) is 38.4. The molecule has 2 atom stereocenters. The molecule has 58 heavy (non-hydrogen) atoms. The summed E-state index contributed by atoms with van der Waals surface area (Å²) in [5.41, 5.74) is 5.38. The van der Waals surface area contributed by atoms with Gasteiger partial charge in [0.15, 0.2) is 0 Å². The monoisotopic (exact) mass is 836 g/mol. The average Bonchev–Trinajstić information content (AvgIpc) is 3.21. The van der Waals surface area contributed by atoms with Gasteiger partial charge in [0, 0.05) is 19.6 Å². The fourth-order valence-corrected chi connectivity index (χ4v) is 7.26. The molecular formula is C49H90NO7P. The van der Waals surface area contributed by atoms with Crippen LogP contribution in [0.4, 0.5) is 0 Å². The topological polar surface area (TPSA) is 117 Å². The SMILES string of the molecule is CC/C=C\C/C=C\C/C=C\C/C=C\C/C=C\CCCCCCOCC(COP(=O)(O)OCCN)OC(=O)CCCCCCCCCCCCCCCCCCCCC. The summed E-state index contributed by atoms with van der Waals surface area (Å²) >= 11 is 0. The van der Waals surface area contributed by atoms with Crippen LogP contribution in [0.15, 0.2) is 60.8 Å². The van der Waals surface area contributed by atoms with Crippen LogP contribution in [0.2, 0.25) is 0 Å². The van der Waals surface area contributed by atoms with E-state index in [2.05, 4.69) is 74.6 Å². The van der Waals surface area contributed by atoms with Crippen molar-refractivity contribution in [2.45, 2.75) is 213 Å². The highest BCUT2D eigenvalue weighted by molar-refractivity contribution is 7.47. The van der Waals surface area contributed by atoms with E-state index < -0.39 is 13.9 Å². The van der Waals surface area contributed by atoms with Gasteiger partial charge in [-0.2, -0.15) is 0 Å². The molecule has 3 N–H and O–H groups in total. The zero-order chi connectivity index (χ0) is 42.3. The third kappa shape index (κ3) is 45.3. The molecule has 0 aromatic rings. The molecule has 0 amide bonds. The molecule has 0 aliphatic heterocycles. The van der Waals surface area contributed by atoms with Crippen molar-refractivity contribution >= 4 is 13.8 Å². The van der Waals surface area contributed by atoms with Crippen LogP contribution in [0.5, 0.6) is 0 Å². The van der Waals surface area contributed by atoms with E-state index in [0.29, 0.717) is 13.0 Å². The Morgan fingerprint density at radius 1 is 0.534 bits per heavy atom. The summed E-state index contributed by atoms with van der Waals surface area (Å²) in [5.74, 6) is -0.338. The molecule has 0 aliphatic rings. The number of hydrogen-bond donors (Lipinski definition) is 2. The quantitative estimate of drug-likeness (QED) is 0.0269. The van der Waals surface area contributed by atoms with Gasteiger partial charge in [0.05, 0.1) is 19.8 Å². The first-order chi connectivity index (χ1) is 28.4. The number of phosphoric ester groups is 1. The van der Waals surface area contributed by atoms with Crippen molar-refractivity contribution in [3.05, 3.63) is 60.8 Å². The lowest BCUT2D eigenvalue weighted by Gasteiger charge is -2.20. The summed E-state index contributed by atoms with van der Waals surface area (Å²) in [5, 5.41) is 0. The fourth-order valence-electron chi connectivity index (χ4n) is 6.49. The van der Waals surface area contributed by atoms with E-state index in [1.807, 2.05) is 0 Å². The molecular weight excluding hydrogens is 746 g/mol. The molecule has 9 heteroatoms. The van der Waals surface area contributed by atoms with Crippen LogP contribution < -0.4 is 5.73 Å². The van der Waals surface area contributed by atoms with Gasteiger partial charge in [0.1, 0.15) is 6.10 Å². The molecule has 0 spiro atoms. The van der Waals surface area contributed by atoms with Crippen LogP contribution in [0.3, 0.4) is 0 Å². The first-order valence-electron chi connectivity index (χ1n) is 23.8. The highest BCUT2D eigenvalue weighted by Crippen LogP contribution is 2.43. The van der Waals surface area contributed by atoms with E-state index in [9.17, 15) is 14.3 Å². The Morgan fingerprint density at radius 2 is 0.966 bits per heavy atom. The van der Waals surface area contributed by atoms with Gasteiger partial charge in [-0.25, -0.2) is 4.57 Å². The lowest BCUT2D eigenvalue weighted by molar-refractivity contribution is -0.154. The minimum atomic E-state index is -4.29. The molecule has 0 aromatic carbocycles. The Kier molecular flexibility index (Phi) is 44.8. The Labute approximate surface area is 357 Å². The Morgan fingerprint density at radius 3 is 1.45 bits per heavy atom. The van der Waals surface area contributed by atoms with Gasteiger partial charge >= 0.3 is 13.8 Å². The summed E-state index contributed by atoms with van der Waals surface area (Å²) in [4.78, 5) is 22.5. The summed E-state index contributed by atoms with van der Waals surface area (Å²) in [7, 11) is -4.29. The molecule has 0 heterocycles. The third-order valence-electron chi connectivity index (χ3n) is 9.95. The number of phosphoric acid groups is 1. The molecule has 0 aromatic heterocycles. The predicted octanol–water partition coefficient (Wildman–Crippen LogP) is 14.5. The molecule has 0 saturated carbocycles. The van der Waals surface area contributed by atoms with Crippen molar-refractivity contribution in [3.8, 4) is 0 Å². The van der Waals surface area contributed by atoms with Gasteiger partial charge in [-0.15, -0.1) is 0 Å². The first kappa shape index (κ1) is 56.2. The van der Waals surface area contributed by atoms with E-state index in [4.69, 9.17) is 24.3 Å². The van der Waals surface area contributed by atoms with Gasteiger partial charge in [0.25, 0.3) is 0 Å². The van der Waals surface area contributed by atoms with Crippen LogP contribution in [-0.2, 0) is 27.9 Å². The number of hydrogen-bond acceptors (Lipinski definition) is 7. The molecule has 2 unspecified atom stereocenters. The molecule has 0 aliphatic carbocycles. The minimum Gasteiger partial charge on any atom is -0.457 e. The molecule has 0 radical (unpaired) electrons. The summed E-state index contributed by atoms with van der Waals surface area (Å²) < 4.78 is 33.5. The zero-order valence-electron chi connectivity index (χ0n) is 37.5. The molecule has 338 valence electrons. The normalized spacial score (nSPS) is 13.9. The van der Waals surface area contributed by atoms with Crippen LogP contribution in [0, 0.1) is 0 Å². The van der Waals surface area contributed by atoms with E-state index in [-0.39, 0.29) is 32.3 Å². The van der Waals surface area contributed by atoms with Crippen molar-refractivity contribution in [2.24, 2.45) is 5.73 Å². The second-order valence-electron chi connectivity index (χ2n) is 15.6. The average molecular weight is 836 g/mol. The second-order valence-corrected chi connectivity index (χ2v) is 17.1. The molecule has 0 saturated heterocycles. The Hall–Kier alpha value is -1.80. The van der Waals surface area contributed by atoms with Crippen LogP contribution in [0.25, 0.3) is 0 Å². The van der Waals surface area contributed by atoms with Gasteiger partial charge in [-0.3, -0.25) is 13.8 Å². The highest BCUT2D eigenvalue weighted by Gasteiger charge is 2.25. The van der Waals surface area contributed by atoms with Crippen LogP contribution >= 0.6 is 7.82 Å². The summed E-state index contributed by atoms with van der Waals surface area (Å²) in [6.45, 7) is 4.76. The van der Waals surface area contributed by atoms with E-state index in [0.717, 1.165) is 83.5 Å². The van der Waals surface area contributed by atoms with Crippen molar-refractivity contribution in [1.82, 2.24) is 0 Å². The van der Waals surface area contributed by atoms with Gasteiger partial charge < -0.3 is 20.1 Å². The molecule has 8 nitrogen and oxygen atoms in total. The van der Waals surface area contributed by atoms with Crippen molar-refractivity contribution in [3.63, 3.8) is 0 Å². The van der Waals surface area contributed by atoms with E-state index >= 15 is 0 Å². The third-order valence-corrected chi connectivity index (χ3v) is 10.9. The van der Waals surface area contributed by atoms with Gasteiger partial charge in [-0.05, 0) is 57.8 Å². The molecule has 0 bridgehead atoms. The summed E-state index contributed by atoms with van der Waals surface area (Å²) in [6.07, 6.45) is 56.7. The van der Waals surface area contributed by atoms with Crippen molar-refractivity contribution in [1.29, 1.82) is 0 Å². The highest BCUT2D eigenvalue weighted by atomic mass is 31.2. The lowest BCUT2D eigenvalue weighted by atomic mass is 10.0. The number of nitrogens with two attached hydrogens (primary N) is 1. The number of rotatable bonds is 45. The minimum absolute atomic E-state index is 0.0944. The molecule has 0 fully saturated rings. The van der Waals surface area contributed by atoms with E-state index in [1.54, 1.807) is 0 Å². The van der Waals surface area contributed by atoms with Crippen molar-refractivity contribution in [2.75, 3.05) is 33.0 Å². The van der Waals surface area contributed by atoms with Crippen molar-refractivity contribution < 1.29 is 32.8 Å². The maximum Gasteiger partial charge on any atom is 0.472 e. The predicted molar refractivity (Wildman–Crippen MR) is 247 cm³/mol. The number of esters is 1. The Bertz CT molecular complexity index is 1070. The largest absolute Gasteiger partial charge is 0.472 e. The number of carbonyl (C=O) groups excluding carboxylic acids is 1. The van der Waals surface area contributed by atoms with E-state index in [1.165, 1.54) is 103 Å². The van der Waals surface area contributed by atoms with Gasteiger partial charge in [-0.1, -0.05) is 203 Å². The fraction of sp³-hybridized carbons (Fsp3) is 0.776. The standard InChI is InChI=1S/C49H90NO7P/c1-3-5-7-9-11-13-15-17-19-21-23-25-27-29-31-33-35-37-39-41-44-54-46-48(47-56-58(52,53)55-45-43-50)57-49(51)42-40-38-36-34-32-30-28-26-24-22-20-18-16-14-12-10-8-6-4-2/h5,7,11,13,17,19,23,25,29,31,48H,3-4,6,8-10,12,14-16,18,20-22,24,26-28,30,32-47,50H2,1-2H3,(H,52,53)/b7-5-,13-11-,19-17-,25-23-,31-29-. The number of allylic oxidation sites excluding steroid dienone is 10. The first-order valence-corrected chi connectivity index (χ1v) is 25.3. The number of carbonyl (C=O) groups is 1. The lowest BCUT2D eigenvalue weighted by Crippen LogP contribution is -2.28. The summed E-state index contributed by atoms with van der Waals surface area (Å²) in [6, 6.07) is 0. The second kappa shape index (κ2) is 46.3. The maximum absolute atomic E-state index is 12.6. The number of unbranched alkanes of at least 4 members (excludes halogenated alkanes) is 22. The smallest absolute Gasteiger partial charge is 0.457 e. The maximum atomic E-state index is 12.6. The van der Waals surface area contributed by atoms with Gasteiger partial charge in [0.2, 0.25) is 0 Å². The van der Waals surface area contributed by atoms with Crippen LogP contribution in [0.1, 0.15) is 206 Å². The van der Waals surface area contributed by atoms with Crippen LogP contribution in [-0.4, -0.2) is 49.9 Å². The Balaban J connectivity index is 4.03. The number of ether oxygens (including phenoxy) is 2.